The molecular weight excluding hydrogens is 258 g/mol. The summed E-state index contributed by atoms with van der Waals surface area (Å²) in [4.78, 5) is 2.19. The van der Waals surface area contributed by atoms with Gasteiger partial charge in [-0.2, -0.15) is 0 Å². The predicted octanol–water partition coefficient (Wildman–Crippen LogP) is 2.78. The number of ether oxygens (including phenoxy) is 1. The van der Waals surface area contributed by atoms with Crippen molar-refractivity contribution in [1.82, 2.24) is 0 Å². The van der Waals surface area contributed by atoms with Gasteiger partial charge in [-0.25, -0.2) is 0 Å². The first-order valence-electron chi connectivity index (χ1n) is 7.04. The van der Waals surface area contributed by atoms with Crippen LogP contribution in [0.15, 0.2) is 61.3 Å². The van der Waals surface area contributed by atoms with Gasteiger partial charge in [0.1, 0.15) is 5.75 Å². The van der Waals surface area contributed by atoms with Crippen LogP contribution in [0, 0.1) is 0 Å². The average molecular weight is 273 g/mol. The summed E-state index contributed by atoms with van der Waals surface area (Å²) < 4.78 is 5.80. The molecule has 0 N–H and O–H groups in total. The molecule has 0 atom stereocenters. The molecule has 2 heterocycles. The van der Waals surface area contributed by atoms with E-state index in [9.17, 15) is 0 Å². The Bertz CT molecular complexity index is 877. The van der Waals surface area contributed by atoms with Gasteiger partial charge in [0.25, 0.3) is 0 Å². The van der Waals surface area contributed by atoms with E-state index in [-0.39, 0.29) is 0 Å². The third-order valence-electron chi connectivity index (χ3n) is 3.91. The smallest absolute Gasteiger partial charge is 0.134 e. The Morgan fingerprint density at radius 1 is 1.05 bits per heavy atom. The van der Waals surface area contributed by atoms with Gasteiger partial charge in [-0.05, 0) is 23.8 Å². The van der Waals surface area contributed by atoms with E-state index in [1.165, 1.54) is 16.5 Å². The second-order valence-corrected chi connectivity index (χ2v) is 5.14. The molecule has 0 saturated carbocycles. The minimum Gasteiger partial charge on any atom is -0.464 e. The minimum atomic E-state index is 0.799. The quantitative estimate of drug-likeness (QED) is 0.780. The zero-order chi connectivity index (χ0) is 14.2. The maximum Gasteiger partial charge on any atom is 0.134 e. The summed E-state index contributed by atoms with van der Waals surface area (Å²) >= 11 is 0. The van der Waals surface area contributed by atoms with E-state index >= 15 is 0 Å². The maximum atomic E-state index is 5.80. The van der Waals surface area contributed by atoms with Crippen LogP contribution in [0.25, 0.3) is 23.5 Å². The van der Waals surface area contributed by atoms with Crippen molar-refractivity contribution in [2.75, 3.05) is 11.4 Å². The highest BCUT2D eigenvalue weighted by molar-refractivity contribution is 5.77. The van der Waals surface area contributed by atoms with Crippen molar-refractivity contribution in [3.63, 3.8) is 0 Å². The number of allylic oxidation sites excluding steroid dienone is 1. The van der Waals surface area contributed by atoms with E-state index in [2.05, 4.69) is 48.0 Å². The number of benzene rings is 2. The molecule has 21 heavy (non-hydrogen) atoms. The highest BCUT2D eigenvalue weighted by Gasteiger charge is 2.16. The fourth-order valence-corrected chi connectivity index (χ4v) is 2.95. The molecule has 2 heteroatoms. The van der Waals surface area contributed by atoms with Crippen LogP contribution in [0.3, 0.4) is 0 Å². The number of para-hydroxylation sites is 1. The Balaban J connectivity index is 1.99. The van der Waals surface area contributed by atoms with Crippen molar-refractivity contribution in [3.05, 3.63) is 71.8 Å². The van der Waals surface area contributed by atoms with Crippen LogP contribution in [0.1, 0.15) is 0 Å². The van der Waals surface area contributed by atoms with E-state index < -0.39 is 0 Å². The third kappa shape index (κ3) is 1.80. The van der Waals surface area contributed by atoms with Gasteiger partial charge in [-0.3, -0.25) is 0 Å². The lowest BCUT2D eigenvalue weighted by atomic mass is 9.98. The fraction of sp³-hybridized carbons (Fsp3) is 0.0526. The van der Waals surface area contributed by atoms with Crippen LogP contribution in [-0.2, 0) is 0 Å². The van der Waals surface area contributed by atoms with Gasteiger partial charge >= 0.3 is 0 Å². The SMILES string of the molecule is C=CCN1C=CC=c2c1ccc1c2=COc2ccccc2-1. The molecule has 0 fully saturated rings. The number of anilines is 1. The van der Waals surface area contributed by atoms with Gasteiger partial charge < -0.3 is 9.64 Å². The van der Waals surface area contributed by atoms with Crippen LogP contribution in [0.5, 0.6) is 5.75 Å². The van der Waals surface area contributed by atoms with Crippen molar-refractivity contribution in [2.24, 2.45) is 0 Å². The summed E-state index contributed by atoms with van der Waals surface area (Å²) in [5, 5.41) is 2.34. The first kappa shape index (κ1) is 12.0. The molecule has 102 valence electrons. The number of fused-ring (bicyclic) bond motifs is 5. The van der Waals surface area contributed by atoms with Crippen molar-refractivity contribution >= 4 is 18.0 Å². The molecule has 2 aromatic rings. The molecule has 0 aromatic heterocycles. The van der Waals surface area contributed by atoms with Gasteiger partial charge in [-0.1, -0.05) is 36.4 Å². The van der Waals surface area contributed by atoms with Crippen molar-refractivity contribution < 1.29 is 4.74 Å². The molecule has 0 bridgehead atoms. The summed E-state index contributed by atoms with van der Waals surface area (Å²) in [7, 11) is 0. The summed E-state index contributed by atoms with van der Waals surface area (Å²) in [6, 6.07) is 12.5. The number of hydrogen-bond acceptors (Lipinski definition) is 2. The van der Waals surface area contributed by atoms with Gasteiger partial charge in [0, 0.05) is 34.4 Å². The lowest BCUT2D eigenvalue weighted by Gasteiger charge is -2.24. The lowest BCUT2D eigenvalue weighted by Crippen LogP contribution is -2.36. The zero-order valence-corrected chi connectivity index (χ0v) is 11.6. The molecule has 0 amide bonds. The molecular formula is C19H15NO. The standard InChI is InChI=1S/C19H15NO/c1-2-11-20-12-5-7-15-17-13-21-19-8-4-3-6-16(19)14(17)9-10-18(15)20/h2-10,12-13H,1,11H2. The Morgan fingerprint density at radius 3 is 2.86 bits per heavy atom. The molecule has 0 unspecified atom stereocenters. The largest absolute Gasteiger partial charge is 0.464 e. The number of hydrogen-bond donors (Lipinski definition) is 0. The molecule has 2 aliphatic rings. The Hall–Kier alpha value is -2.74. The van der Waals surface area contributed by atoms with Gasteiger partial charge in [0.2, 0.25) is 0 Å². The second kappa shape index (κ2) is 4.67. The first-order valence-corrected chi connectivity index (χ1v) is 7.04. The monoisotopic (exact) mass is 273 g/mol. The van der Waals surface area contributed by atoms with Gasteiger partial charge in [0.15, 0.2) is 0 Å². The fourth-order valence-electron chi connectivity index (χ4n) is 2.95. The van der Waals surface area contributed by atoms with Crippen LogP contribution in [0.4, 0.5) is 5.69 Å². The van der Waals surface area contributed by atoms with Crippen LogP contribution in [0.2, 0.25) is 0 Å². The van der Waals surface area contributed by atoms with Gasteiger partial charge in [0.05, 0.1) is 6.26 Å². The summed E-state index contributed by atoms with van der Waals surface area (Å²) in [5.74, 6) is 0.916. The van der Waals surface area contributed by atoms with E-state index in [1.54, 1.807) is 0 Å². The van der Waals surface area contributed by atoms with Crippen LogP contribution in [-0.4, -0.2) is 6.54 Å². The molecule has 4 rings (SSSR count). The third-order valence-corrected chi connectivity index (χ3v) is 3.91. The normalized spacial score (nSPS) is 14.0. The highest BCUT2D eigenvalue weighted by atomic mass is 16.5. The van der Waals surface area contributed by atoms with E-state index in [4.69, 9.17) is 4.74 Å². The van der Waals surface area contributed by atoms with Gasteiger partial charge in [-0.15, -0.1) is 6.58 Å². The molecule has 0 radical (unpaired) electrons. The topological polar surface area (TPSA) is 12.5 Å². The number of rotatable bonds is 2. The lowest BCUT2D eigenvalue weighted by molar-refractivity contribution is 0.537. The van der Waals surface area contributed by atoms with E-state index in [0.717, 1.165) is 23.1 Å². The zero-order valence-electron chi connectivity index (χ0n) is 11.6. The Labute approximate surface area is 123 Å². The summed E-state index contributed by atoms with van der Waals surface area (Å²) in [5.41, 5.74) is 3.56. The Kier molecular flexibility index (Phi) is 2.68. The van der Waals surface area contributed by atoms with E-state index in [1.807, 2.05) is 30.5 Å². The van der Waals surface area contributed by atoms with Crippen LogP contribution >= 0.6 is 0 Å². The van der Waals surface area contributed by atoms with Crippen molar-refractivity contribution in [1.29, 1.82) is 0 Å². The molecule has 2 aromatic carbocycles. The minimum absolute atomic E-state index is 0.799. The van der Waals surface area contributed by atoms with E-state index in [0.29, 0.717) is 0 Å². The van der Waals surface area contributed by atoms with Crippen molar-refractivity contribution in [3.8, 4) is 16.9 Å². The van der Waals surface area contributed by atoms with Crippen molar-refractivity contribution in [2.45, 2.75) is 0 Å². The average Bonchev–Trinajstić information content (AvgIpc) is 2.55. The maximum absolute atomic E-state index is 5.80. The number of nitrogens with zero attached hydrogens (tertiary/aromatic N) is 1. The second-order valence-electron chi connectivity index (χ2n) is 5.14. The molecule has 0 saturated heterocycles. The predicted molar refractivity (Wildman–Crippen MR) is 87.4 cm³/mol. The highest BCUT2D eigenvalue weighted by Crippen LogP contribution is 2.30. The summed E-state index contributed by atoms with van der Waals surface area (Å²) in [6.07, 6.45) is 10.1. The first-order chi connectivity index (χ1) is 10.4. The summed E-state index contributed by atoms with van der Waals surface area (Å²) in [6.45, 7) is 4.63. The molecule has 0 spiro atoms. The Morgan fingerprint density at radius 2 is 1.95 bits per heavy atom. The molecule has 2 aliphatic heterocycles. The van der Waals surface area contributed by atoms with Crippen LogP contribution < -0.4 is 20.1 Å². The molecule has 0 aliphatic carbocycles. The molecule has 2 nitrogen and oxygen atoms in total.